The van der Waals surface area contributed by atoms with E-state index >= 15 is 0 Å². The van der Waals surface area contributed by atoms with Gasteiger partial charge in [-0.1, -0.05) is 60.7 Å². The van der Waals surface area contributed by atoms with E-state index in [1.165, 1.54) is 0 Å². The molecule has 0 saturated heterocycles. The molecule has 6 heteroatoms. The van der Waals surface area contributed by atoms with Crippen molar-refractivity contribution in [2.75, 3.05) is 0 Å². The van der Waals surface area contributed by atoms with Crippen LogP contribution in [0.25, 0.3) is 21.1 Å². The molecule has 0 saturated carbocycles. The molecule has 3 aromatic carbocycles. The van der Waals surface area contributed by atoms with E-state index in [2.05, 4.69) is 9.97 Å². The largest absolute Gasteiger partial charge is 0.449 e. The first kappa shape index (κ1) is 20.2. The first-order valence-electron chi connectivity index (χ1n) is 10.4. The molecule has 0 aliphatic rings. The number of carbonyl (C=O) groups excluding carboxylic acids is 2. The molecule has 0 radical (unpaired) electrons. The maximum atomic E-state index is 13.4. The number of aryl methyl sites for hydroxylation is 1. The van der Waals surface area contributed by atoms with E-state index in [9.17, 15) is 9.59 Å². The highest BCUT2D eigenvalue weighted by Crippen LogP contribution is 2.28. The van der Waals surface area contributed by atoms with Crippen molar-refractivity contribution in [2.24, 2.45) is 0 Å². The summed E-state index contributed by atoms with van der Waals surface area (Å²) in [7, 11) is 0. The smallest absolute Gasteiger partial charge is 0.307 e. The Bertz CT molecular complexity index is 1370. The van der Waals surface area contributed by atoms with E-state index < -0.39 is 12.1 Å². The molecule has 0 fully saturated rings. The van der Waals surface area contributed by atoms with E-state index in [-0.39, 0.29) is 12.2 Å². The summed E-state index contributed by atoms with van der Waals surface area (Å²) < 4.78 is 6.83. The minimum absolute atomic E-state index is 0.157. The van der Waals surface area contributed by atoms with Crippen LogP contribution in [0.1, 0.15) is 33.5 Å². The molecule has 5 aromatic rings. The van der Waals surface area contributed by atoms with Gasteiger partial charge in [0.2, 0.25) is 5.78 Å². The summed E-state index contributed by atoms with van der Waals surface area (Å²) in [5.41, 5.74) is 2.95. The normalized spacial score (nSPS) is 12.1. The van der Waals surface area contributed by atoms with Crippen LogP contribution in [0.2, 0.25) is 0 Å². The number of hydrogen-bond donors (Lipinski definition) is 1. The van der Waals surface area contributed by atoms with Crippen LogP contribution >= 0.6 is 11.3 Å². The zero-order chi connectivity index (χ0) is 21.9. The molecule has 1 unspecified atom stereocenters. The highest BCUT2D eigenvalue weighted by molar-refractivity contribution is 7.18. The lowest BCUT2D eigenvalue weighted by Gasteiger charge is -2.17. The van der Waals surface area contributed by atoms with Crippen LogP contribution in [0.5, 0.6) is 0 Å². The number of rotatable bonds is 7. The van der Waals surface area contributed by atoms with Gasteiger partial charge >= 0.3 is 5.97 Å². The molecule has 2 heterocycles. The van der Waals surface area contributed by atoms with Crippen molar-refractivity contribution in [3.63, 3.8) is 0 Å². The monoisotopic (exact) mass is 440 g/mol. The number of carbonyl (C=O) groups is 2. The van der Waals surface area contributed by atoms with Gasteiger partial charge in [0.25, 0.3) is 0 Å². The Morgan fingerprint density at radius 1 is 0.938 bits per heavy atom. The quantitative estimate of drug-likeness (QED) is 0.253. The number of Topliss-reactive ketones (excluding diaryl/α,β-unsaturated/α-hetero) is 1. The Balaban J connectivity index is 1.36. The third-order valence-corrected chi connectivity index (χ3v) is 6.42. The maximum Gasteiger partial charge on any atom is 0.307 e. The number of para-hydroxylation sites is 2. The van der Waals surface area contributed by atoms with Gasteiger partial charge in [0.1, 0.15) is 0 Å². The highest BCUT2D eigenvalue weighted by Gasteiger charge is 2.28. The van der Waals surface area contributed by atoms with Crippen LogP contribution in [0, 0.1) is 0 Å². The van der Waals surface area contributed by atoms with Crippen LogP contribution in [0.15, 0.2) is 85.1 Å². The lowest BCUT2D eigenvalue weighted by molar-refractivity contribution is -0.147. The van der Waals surface area contributed by atoms with E-state index in [1.807, 2.05) is 66.7 Å². The van der Waals surface area contributed by atoms with Crippen molar-refractivity contribution in [2.45, 2.75) is 18.9 Å². The van der Waals surface area contributed by atoms with Gasteiger partial charge in [-0.2, -0.15) is 0 Å². The Kier molecular flexibility index (Phi) is 5.52. The first-order chi connectivity index (χ1) is 15.7. The number of ketones is 1. The van der Waals surface area contributed by atoms with Crippen LogP contribution in [0.3, 0.4) is 0 Å². The van der Waals surface area contributed by atoms with Gasteiger partial charge in [0.15, 0.2) is 6.10 Å². The molecule has 158 valence electrons. The van der Waals surface area contributed by atoms with E-state index in [1.54, 1.807) is 29.7 Å². The number of H-pyrrole nitrogens is 1. The zero-order valence-corrected chi connectivity index (χ0v) is 18.0. The molecule has 5 rings (SSSR count). The van der Waals surface area contributed by atoms with Gasteiger partial charge in [0, 0.05) is 34.6 Å². The molecular formula is C26H20N2O3S. The molecule has 0 spiro atoms. The predicted octanol–water partition coefficient (Wildman–Crippen LogP) is 5.88. The van der Waals surface area contributed by atoms with Crippen LogP contribution in [-0.4, -0.2) is 21.7 Å². The van der Waals surface area contributed by atoms with Crippen molar-refractivity contribution >= 4 is 44.2 Å². The van der Waals surface area contributed by atoms with Crippen molar-refractivity contribution in [3.05, 3.63) is 101 Å². The van der Waals surface area contributed by atoms with Crippen molar-refractivity contribution in [1.82, 2.24) is 9.97 Å². The Morgan fingerprint density at radius 2 is 1.69 bits per heavy atom. The Hall–Kier alpha value is -3.77. The van der Waals surface area contributed by atoms with E-state index in [0.29, 0.717) is 17.5 Å². The molecule has 5 nitrogen and oxygen atoms in total. The Morgan fingerprint density at radius 3 is 2.53 bits per heavy atom. The molecule has 0 aliphatic carbocycles. The van der Waals surface area contributed by atoms with Gasteiger partial charge in [-0.15, -0.1) is 11.3 Å². The SMILES string of the molecule is O=C(CCc1nc2ccccc2s1)OC(C(=O)c1c[nH]c2ccccc12)c1ccccc1. The standard InChI is InChI=1S/C26H20N2O3S/c29-24(15-14-23-28-21-12-6-7-13-22(21)32-23)31-26(17-8-2-1-3-9-17)25(30)19-16-27-20-11-5-4-10-18(19)20/h1-13,16,26-27H,14-15H2. The van der Waals surface area contributed by atoms with Crippen LogP contribution in [-0.2, 0) is 16.0 Å². The van der Waals surface area contributed by atoms with Gasteiger partial charge in [-0.3, -0.25) is 9.59 Å². The number of hydrogen-bond acceptors (Lipinski definition) is 5. The summed E-state index contributed by atoms with van der Waals surface area (Å²) in [5.74, 6) is -0.673. The molecule has 0 aliphatic heterocycles. The van der Waals surface area contributed by atoms with Crippen molar-refractivity contribution < 1.29 is 14.3 Å². The van der Waals surface area contributed by atoms with Crippen molar-refractivity contribution in [1.29, 1.82) is 0 Å². The van der Waals surface area contributed by atoms with Crippen LogP contribution < -0.4 is 0 Å². The fraction of sp³-hybridized carbons (Fsp3) is 0.115. The number of ether oxygens (including phenoxy) is 1. The summed E-state index contributed by atoms with van der Waals surface area (Å²) in [6, 6.07) is 24.6. The topological polar surface area (TPSA) is 72.0 Å². The van der Waals surface area contributed by atoms with Gasteiger partial charge < -0.3 is 9.72 Å². The summed E-state index contributed by atoms with van der Waals surface area (Å²) in [6.07, 6.45) is 1.31. The number of nitrogens with one attached hydrogen (secondary N) is 1. The lowest BCUT2D eigenvalue weighted by Crippen LogP contribution is -2.20. The van der Waals surface area contributed by atoms with E-state index in [0.717, 1.165) is 26.1 Å². The second-order valence-corrected chi connectivity index (χ2v) is 8.58. The number of aromatic amines is 1. The minimum atomic E-state index is -1.00. The highest BCUT2D eigenvalue weighted by atomic mass is 32.1. The fourth-order valence-electron chi connectivity index (χ4n) is 3.74. The average Bonchev–Trinajstić information content (AvgIpc) is 3.45. The third kappa shape index (κ3) is 4.05. The van der Waals surface area contributed by atoms with Crippen molar-refractivity contribution in [3.8, 4) is 0 Å². The third-order valence-electron chi connectivity index (χ3n) is 5.33. The molecule has 1 atom stereocenters. The number of nitrogens with zero attached hydrogens (tertiary/aromatic N) is 1. The zero-order valence-electron chi connectivity index (χ0n) is 17.2. The molecular weight excluding hydrogens is 420 g/mol. The number of thiazole rings is 1. The Labute approximate surface area is 188 Å². The average molecular weight is 441 g/mol. The molecule has 0 amide bonds. The maximum absolute atomic E-state index is 13.4. The van der Waals surface area contributed by atoms with Gasteiger partial charge in [-0.25, -0.2) is 4.98 Å². The minimum Gasteiger partial charge on any atom is -0.449 e. The number of aromatic nitrogens is 2. The second kappa shape index (κ2) is 8.77. The number of esters is 1. The number of benzene rings is 3. The predicted molar refractivity (Wildman–Crippen MR) is 126 cm³/mol. The fourth-order valence-corrected chi connectivity index (χ4v) is 4.71. The van der Waals surface area contributed by atoms with Gasteiger partial charge in [-0.05, 0) is 18.2 Å². The van der Waals surface area contributed by atoms with Gasteiger partial charge in [0.05, 0.1) is 21.6 Å². The summed E-state index contributed by atoms with van der Waals surface area (Å²) >= 11 is 1.57. The summed E-state index contributed by atoms with van der Waals surface area (Å²) in [6.45, 7) is 0. The molecule has 2 aromatic heterocycles. The van der Waals surface area contributed by atoms with E-state index in [4.69, 9.17) is 4.74 Å². The number of fused-ring (bicyclic) bond motifs is 2. The first-order valence-corrected chi connectivity index (χ1v) is 11.2. The van der Waals surface area contributed by atoms with Crippen LogP contribution in [0.4, 0.5) is 0 Å². The molecule has 32 heavy (non-hydrogen) atoms. The second-order valence-electron chi connectivity index (χ2n) is 7.47. The summed E-state index contributed by atoms with van der Waals surface area (Å²) in [5, 5.41) is 1.69. The molecule has 1 N–H and O–H groups in total. The molecule has 0 bridgehead atoms. The lowest BCUT2D eigenvalue weighted by atomic mass is 9.99. The summed E-state index contributed by atoms with van der Waals surface area (Å²) in [4.78, 5) is 33.9.